The standard InChI is InChI=1S/C24H28F2N2O4S/c25-19-9-10-22(26)23(17-19)33(30,31)28-14-12-27(13-15-28)24(29)11-8-18-4-3-7-21(16-18)32-20-5-1-2-6-20/h3-4,7,9-10,16-17,20H,1-2,5-6,8,11-15H2. The van der Waals surface area contributed by atoms with Gasteiger partial charge in [0.1, 0.15) is 22.3 Å². The first kappa shape index (κ1) is 23.6. The predicted molar refractivity (Wildman–Crippen MR) is 119 cm³/mol. The first-order valence-corrected chi connectivity index (χ1v) is 12.8. The van der Waals surface area contributed by atoms with Crippen LogP contribution in [0.1, 0.15) is 37.7 Å². The number of ether oxygens (including phenoxy) is 1. The fourth-order valence-corrected chi connectivity index (χ4v) is 5.87. The van der Waals surface area contributed by atoms with Crippen molar-refractivity contribution in [3.05, 3.63) is 59.7 Å². The van der Waals surface area contributed by atoms with Gasteiger partial charge in [-0.15, -0.1) is 0 Å². The van der Waals surface area contributed by atoms with Crippen molar-refractivity contribution >= 4 is 15.9 Å². The van der Waals surface area contributed by atoms with Crippen LogP contribution in [0.25, 0.3) is 0 Å². The van der Waals surface area contributed by atoms with Gasteiger partial charge in [0.15, 0.2) is 0 Å². The van der Waals surface area contributed by atoms with Gasteiger partial charge in [0.25, 0.3) is 0 Å². The minimum atomic E-state index is -4.17. The molecule has 1 saturated carbocycles. The van der Waals surface area contributed by atoms with Crippen LogP contribution in [0, 0.1) is 11.6 Å². The molecule has 6 nitrogen and oxygen atoms in total. The highest BCUT2D eigenvalue weighted by atomic mass is 32.2. The van der Waals surface area contributed by atoms with Gasteiger partial charge < -0.3 is 9.64 Å². The van der Waals surface area contributed by atoms with E-state index in [1.807, 2.05) is 24.3 Å². The zero-order chi connectivity index (χ0) is 23.4. The van der Waals surface area contributed by atoms with E-state index >= 15 is 0 Å². The number of aryl methyl sites for hydroxylation is 1. The molecule has 0 aromatic heterocycles. The number of carbonyl (C=O) groups is 1. The van der Waals surface area contributed by atoms with Gasteiger partial charge in [-0.1, -0.05) is 12.1 Å². The van der Waals surface area contributed by atoms with Crippen molar-refractivity contribution in [3.63, 3.8) is 0 Å². The summed E-state index contributed by atoms with van der Waals surface area (Å²) in [6, 6.07) is 10.2. The molecule has 1 heterocycles. The maximum Gasteiger partial charge on any atom is 0.246 e. The average molecular weight is 479 g/mol. The first-order valence-electron chi connectivity index (χ1n) is 11.3. The largest absolute Gasteiger partial charge is 0.490 e. The second-order valence-corrected chi connectivity index (χ2v) is 10.4. The molecule has 0 N–H and O–H groups in total. The fourth-order valence-electron chi connectivity index (χ4n) is 4.37. The summed E-state index contributed by atoms with van der Waals surface area (Å²) in [4.78, 5) is 13.6. The third-order valence-corrected chi connectivity index (χ3v) is 8.15. The maximum atomic E-state index is 14.0. The summed E-state index contributed by atoms with van der Waals surface area (Å²) in [6.07, 6.45) is 5.70. The number of carbonyl (C=O) groups excluding carboxylic acids is 1. The van der Waals surface area contributed by atoms with Crippen molar-refractivity contribution < 1.29 is 26.7 Å². The molecule has 2 aromatic carbocycles. The number of hydrogen-bond acceptors (Lipinski definition) is 4. The van der Waals surface area contributed by atoms with Gasteiger partial charge >= 0.3 is 0 Å². The smallest absolute Gasteiger partial charge is 0.246 e. The van der Waals surface area contributed by atoms with E-state index in [0.29, 0.717) is 18.9 Å². The van der Waals surface area contributed by atoms with Crippen LogP contribution in [0.15, 0.2) is 47.4 Å². The van der Waals surface area contributed by atoms with E-state index in [-0.39, 0.29) is 38.2 Å². The number of benzene rings is 2. The van der Waals surface area contributed by atoms with E-state index in [1.54, 1.807) is 4.90 Å². The van der Waals surface area contributed by atoms with Crippen LogP contribution in [0.5, 0.6) is 5.75 Å². The van der Waals surface area contributed by atoms with E-state index < -0.39 is 26.6 Å². The summed E-state index contributed by atoms with van der Waals surface area (Å²) in [6.45, 7) is 0.489. The van der Waals surface area contributed by atoms with Crippen LogP contribution in [0.3, 0.4) is 0 Å². The third kappa shape index (κ3) is 5.70. The van der Waals surface area contributed by atoms with Gasteiger partial charge in [-0.2, -0.15) is 4.31 Å². The van der Waals surface area contributed by atoms with Crippen molar-refractivity contribution in [2.75, 3.05) is 26.2 Å². The third-order valence-electron chi connectivity index (χ3n) is 6.23. The fraction of sp³-hybridized carbons (Fsp3) is 0.458. The van der Waals surface area contributed by atoms with Gasteiger partial charge in [0.2, 0.25) is 15.9 Å². The number of hydrogen-bond donors (Lipinski definition) is 0. The van der Waals surface area contributed by atoms with Crippen LogP contribution in [0.2, 0.25) is 0 Å². The molecule has 1 saturated heterocycles. The summed E-state index contributed by atoms with van der Waals surface area (Å²) in [7, 11) is -4.17. The minimum Gasteiger partial charge on any atom is -0.490 e. The maximum absolute atomic E-state index is 14.0. The Bertz CT molecular complexity index is 1100. The predicted octanol–water partition coefficient (Wildman–Crippen LogP) is 3.75. The monoisotopic (exact) mass is 478 g/mol. The summed E-state index contributed by atoms with van der Waals surface area (Å²) < 4.78 is 60.0. The molecule has 0 spiro atoms. The first-order chi connectivity index (χ1) is 15.8. The van der Waals surface area contributed by atoms with Crippen LogP contribution in [-0.4, -0.2) is 55.8 Å². The SMILES string of the molecule is O=C(CCc1cccc(OC2CCCC2)c1)N1CCN(S(=O)(=O)c2cc(F)ccc2F)CC1. The Morgan fingerprint density at radius 3 is 2.45 bits per heavy atom. The van der Waals surface area contributed by atoms with E-state index in [1.165, 1.54) is 12.8 Å². The van der Waals surface area contributed by atoms with Crippen molar-refractivity contribution in [1.82, 2.24) is 9.21 Å². The Labute approximate surface area is 193 Å². The van der Waals surface area contributed by atoms with E-state index in [9.17, 15) is 22.0 Å². The van der Waals surface area contributed by atoms with Crippen molar-refractivity contribution in [2.24, 2.45) is 0 Å². The lowest BCUT2D eigenvalue weighted by molar-refractivity contribution is -0.132. The second kappa shape index (κ2) is 10.2. The molecule has 2 fully saturated rings. The number of amides is 1. The van der Waals surface area contributed by atoms with Crippen molar-refractivity contribution in [2.45, 2.75) is 49.5 Å². The van der Waals surface area contributed by atoms with Gasteiger partial charge in [-0.3, -0.25) is 4.79 Å². The topological polar surface area (TPSA) is 66.9 Å². The minimum absolute atomic E-state index is 0.0364. The number of piperazine rings is 1. The van der Waals surface area contributed by atoms with E-state index in [0.717, 1.165) is 40.6 Å². The Hall–Kier alpha value is -2.52. The number of rotatable bonds is 7. The molecule has 4 rings (SSSR count). The molecule has 178 valence electrons. The lowest BCUT2D eigenvalue weighted by Gasteiger charge is -2.34. The molecule has 1 aliphatic heterocycles. The van der Waals surface area contributed by atoms with Gasteiger partial charge in [0.05, 0.1) is 6.10 Å². The Morgan fingerprint density at radius 2 is 1.73 bits per heavy atom. The highest BCUT2D eigenvalue weighted by Gasteiger charge is 2.32. The molecule has 0 unspecified atom stereocenters. The second-order valence-electron chi connectivity index (χ2n) is 8.53. The normalized spacial score (nSPS) is 17.9. The van der Waals surface area contributed by atoms with Gasteiger partial charge in [-0.25, -0.2) is 17.2 Å². The summed E-state index contributed by atoms with van der Waals surface area (Å²) in [5, 5.41) is 0. The van der Waals surface area contributed by atoms with E-state index in [2.05, 4.69) is 0 Å². The lowest BCUT2D eigenvalue weighted by atomic mass is 10.1. The highest BCUT2D eigenvalue weighted by molar-refractivity contribution is 7.89. The van der Waals surface area contributed by atoms with Crippen LogP contribution in [0.4, 0.5) is 8.78 Å². The van der Waals surface area contributed by atoms with Gasteiger partial charge in [-0.05, 0) is 68.0 Å². The molecular formula is C24H28F2N2O4S. The summed E-state index contributed by atoms with van der Waals surface area (Å²) >= 11 is 0. The van der Waals surface area contributed by atoms with Crippen LogP contribution in [-0.2, 0) is 21.2 Å². The Kier molecular flexibility index (Phi) is 7.29. The van der Waals surface area contributed by atoms with Crippen LogP contribution >= 0.6 is 0 Å². The molecule has 2 aromatic rings. The quantitative estimate of drug-likeness (QED) is 0.608. The zero-order valence-electron chi connectivity index (χ0n) is 18.4. The van der Waals surface area contributed by atoms with Crippen LogP contribution < -0.4 is 4.74 Å². The molecular weight excluding hydrogens is 450 g/mol. The number of halogens is 2. The number of sulfonamides is 1. The number of nitrogens with zero attached hydrogens (tertiary/aromatic N) is 2. The van der Waals surface area contributed by atoms with Crippen molar-refractivity contribution in [3.8, 4) is 5.75 Å². The summed E-state index contributed by atoms with van der Waals surface area (Å²) in [5.74, 6) is -1.04. The molecule has 33 heavy (non-hydrogen) atoms. The molecule has 0 radical (unpaired) electrons. The summed E-state index contributed by atoms with van der Waals surface area (Å²) in [5.41, 5.74) is 1.02. The Balaban J connectivity index is 1.29. The molecule has 0 atom stereocenters. The molecule has 9 heteroatoms. The Morgan fingerprint density at radius 1 is 1.00 bits per heavy atom. The van der Waals surface area contributed by atoms with Gasteiger partial charge in [0, 0.05) is 32.6 Å². The lowest BCUT2D eigenvalue weighted by Crippen LogP contribution is -2.50. The van der Waals surface area contributed by atoms with E-state index in [4.69, 9.17) is 4.74 Å². The molecule has 0 bridgehead atoms. The zero-order valence-corrected chi connectivity index (χ0v) is 19.2. The molecule has 1 aliphatic carbocycles. The highest BCUT2D eigenvalue weighted by Crippen LogP contribution is 2.25. The molecule has 1 amide bonds. The average Bonchev–Trinajstić information content (AvgIpc) is 3.32. The molecule has 2 aliphatic rings. The van der Waals surface area contributed by atoms with Crippen molar-refractivity contribution in [1.29, 1.82) is 0 Å².